The minimum absolute atomic E-state index is 0.240. The van der Waals surface area contributed by atoms with Crippen LogP contribution in [-0.4, -0.2) is 16.4 Å². The summed E-state index contributed by atoms with van der Waals surface area (Å²) >= 11 is 0. The van der Waals surface area contributed by atoms with Crippen molar-refractivity contribution in [2.75, 3.05) is 11.1 Å². The summed E-state index contributed by atoms with van der Waals surface area (Å²) in [6.45, 7) is 3.05. The zero-order chi connectivity index (χ0) is 18.1. The van der Waals surface area contributed by atoms with Crippen molar-refractivity contribution in [1.29, 1.82) is 0 Å². The zero-order valence-corrected chi connectivity index (χ0v) is 13.9. The molecule has 0 aliphatic heterocycles. The first kappa shape index (κ1) is 16.4. The number of hydrogen-bond acceptors (Lipinski definition) is 4. The summed E-state index contributed by atoms with van der Waals surface area (Å²) in [7, 11) is 0. The third-order valence-corrected chi connectivity index (χ3v) is 3.84. The smallest absolute Gasteiger partial charge is 0.265 e. The average Bonchev–Trinajstić information content (AvgIpc) is 2.56. The Morgan fingerprint density at radius 2 is 1.84 bits per heavy atom. The van der Waals surface area contributed by atoms with Gasteiger partial charge in [0, 0.05) is 29.4 Å². The fourth-order valence-corrected chi connectivity index (χ4v) is 2.72. The lowest BCUT2D eigenvalue weighted by atomic mass is 10.1. The summed E-state index contributed by atoms with van der Waals surface area (Å²) in [5.74, 6) is -0.716. The first-order valence-electron chi connectivity index (χ1n) is 7.71. The number of amides is 1. The number of carbonyl (C=O) groups excluding carboxylic acids is 2. The molecule has 1 amide bonds. The van der Waals surface area contributed by atoms with Crippen LogP contribution in [0, 0.1) is 6.92 Å². The van der Waals surface area contributed by atoms with Gasteiger partial charge in [-0.2, -0.15) is 0 Å². The third kappa shape index (κ3) is 3.14. The van der Waals surface area contributed by atoms with E-state index in [9.17, 15) is 14.4 Å². The number of nitrogens with two attached hydrogens (primary N) is 1. The number of pyridine rings is 1. The second kappa shape index (κ2) is 6.24. The molecule has 0 saturated carbocycles. The van der Waals surface area contributed by atoms with Gasteiger partial charge in [0.05, 0.1) is 5.52 Å². The molecule has 25 heavy (non-hydrogen) atoms. The van der Waals surface area contributed by atoms with Gasteiger partial charge in [0.25, 0.3) is 11.5 Å². The largest absolute Gasteiger partial charge is 0.399 e. The van der Waals surface area contributed by atoms with Crippen LogP contribution in [0.2, 0.25) is 0 Å². The second-order valence-corrected chi connectivity index (χ2v) is 5.85. The first-order valence-corrected chi connectivity index (χ1v) is 7.71. The number of fused-ring (bicyclic) bond motifs is 1. The fraction of sp³-hybridized carbons (Fsp3) is 0.105. The standard InChI is InChI=1S/C19H17N3O3/c1-11-8-13-6-7-15(20)10-17(13)22(18(11)24)19(25)14-4-3-5-16(9-14)21-12(2)23/h3-10H,20H2,1-2H3,(H,21,23). The van der Waals surface area contributed by atoms with Crippen LogP contribution >= 0.6 is 0 Å². The highest BCUT2D eigenvalue weighted by Crippen LogP contribution is 2.19. The van der Waals surface area contributed by atoms with Gasteiger partial charge in [0.15, 0.2) is 0 Å². The highest BCUT2D eigenvalue weighted by molar-refractivity contribution is 6.03. The number of nitrogen functional groups attached to an aromatic ring is 1. The Morgan fingerprint density at radius 3 is 2.56 bits per heavy atom. The third-order valence-electron chi connectivity index (χ3n) is 3.84. The van der Waals surface area contributed by atoms with Crippen LogP contribution < -0.4 is 16.6 Å². The van der Waals surface area contributed by atoms with E-state index in [0.29, 0.717) is 28.0 Å². The summed E-state index contributed by atoms with van der Waals surface area (Å²) in [5, 5.41) is 3.37. The van der Waals surface area contributed by atoms with Crippen LogP contribution in [0.25, 0.3) is 10.9 Å². The Kier molecular flexibility index (Phi) is 4.10. The Balaban J connectivity index is 2.21. The second-order valence-electron chi connectivity index (χ2n) is 5.85. The van der Waals surface area contributed by atoms with E-state index in [1.807, 2.05) is 0 Å². The van der Waals surface area contributed by atoms with Crippen molar-refractivity contribution >= 4 is 34.1 Å². The maximum Gasteiger partial charge on any atom is 0.265 e. The lowest BCUT2D eigenvalue weighted by Gasteiger charge is -2.12. The van der Waals surface area contributed by atoms with E-state index in [1.165, 1.54) is 13.0 Å². The minimum atomic E-state index is -0.475. The minimum Gasteiger partial charge on any atom is -0.399 e. The summed E-state index contributed by atoms with van der Waals surface area (Å²) in [5.41, 5.74) is 7.59. The number of aromatic nitrogens is 1. The van der Waals surface area contributed by atoms with E-state index in [1.54, 1.807) is 49.4 Å². The fourth-order valence-electron chi connectivity index (χ4n) is 2.72. The van der Waals surface area contributed by atoms with Crippen LogP contribution in [0.3, 0.4) is 0 Å². The molecule has 0 aliphatic carbocycles. The number of nitrogens with zero attached hydrogens (tertiary/aromatic N) is 1. The summed E-state index contributed by atoms with van der Waals surface area (Å²) in [6.07, 6.45) is 0. The van der Waals surface area contributed by atoms with Crippen molar-refractivity contribution < 1.29 is 9.59 Å². The molecule has 3 aromatic rings. The molecule has 2 aromatic carbocycles. The number of nitrogens with one attached hydrogen (secondary N) is 1. The molecule has 1 heterocycles. The molecule has 3 N–H and O–H groups in total. The quantitative estimate of drug-likeness (QED) is 0.704. The number of carbonyl (C=O) groups is 2. The van der Waals surface area contributed by atoms with Crippen molar-refractivity contribution in [2.24, 2.45) is 0 Å². The summed E-state index contributed by atoms with van der Waals surface area (Å²) < 4.78 is 1.12. The van der Waals surface area contributed by atoms with E-state index < -0.39 is 11.5 Å². The van der Waals surface area contributed by atoms with Crippen molar-refractivity contribution in [1.82, 2.24) is 4.57 Å². The van der Waals surface area contributed by atoms with Crippen molar-refractivity contribution in [3.63, 3.8) is 0 Å². The van der Waals surface area contributed by atoms with Crippen molar-refractivity contribution in [2.45, 2.75) is 13.8 Å². The van der Waals surface area contributed by atoms with Gasteiger partial charge in [0.2, 0.25) is 5.91 Å². The Morgan fingerprint density at radius 1 is 1.08 bits per heavy atom. The number of rotatable bonds is 2. The van der Waals surface area contributed by atoms with Gasteiger partial charge in [-0.3, -0.25) is 14.4 Å². The summed E-state index contributed by atoms with van der Waals surface area (Å²) in [4.78, 5) is 36.8. The SMILES string of the molecule is CC(=O)Nc1cccc(C(=O)n2c(=O)c(C)cc3ccc(N)cc32)c1. The van der Waals surface area contributed by atoms with Gasteiger partial charge in [-0.25, -0.2) is 4.57 Å². The molecule has 0 unspecified atom stereocenters. The maximum absolute atomic E-state index is 13.0. The van der Waals surface area contributed by atoms with Crippen LogP contribution in [-0.2, 0) is 4.79 Å². The molecule has 0 atom stereocenters. The van der Waals surface area contributed by atoms with E-state index in [4.69, 9.17) is 5.73 Å². The monoisotopic (exact) mass is 335 g/mol. The van der Waals surface area contributed by atoms with Crippen LogP contribution in [0.5, 0.6) is 0 Å². The number of anilines is 2. The van der Waals surface area contributed by atoms with Gasteiger partial charge in [-0.05, 0) is 48.7 Å². The van der Waals surface area contributed by atoms with Gasteiger partial charge in [-0.1, -0.05) is 12.1 Å². The molecule has 0 spiro atoms. The molecule has 0 fully saturated rings. The van der Waals surface area contributed by atoms with Gasteiger partial charge < -0.3 is 11.1 Å². The predicted molar refractivity (Wildman–Crippen MR) is 97.8 cm³/mol. The molecule has 0 radical (unpaired) electrons. The Hall–Kier alpha value is -3.41. The molecule has 0 aliphatic rings. The predicted octanol–water partition coefficient (Wildman–Crippen LogP) is 2.54. The van der Waals surface area contributed by atoms with E-state index in [2.05, 4.69) is 5.32 Å². The number of benzene rings is 2. The Labute approximate surface area is 143 Å². The van der Waals surface area contributed by atoms with Gasteiger partial charge in [0.1, 0.15) is 0 Å². The maximum atomic E-state index is 13.0. The molecular weight excluding hydrogens is 318 g/mol. The Bertz CT molecular complexity index is 1070. The highest BCUT2D eigenvalue weighted by atomic mass is 16.2. The van der Waals surface area contributed by atoms with Crippen molar-refractivity contribution in [3.8, 4) is 0 Å². The summed E-state index contributed by atoms with van der Waals surface area (Å²) in [6, 6.07) is 13.3. The molecule has 3 rings (SSSR count). The lowest BCUT2D eigenvalue weighted by Crippen LogP contribution is -2.29. The van der Waals surface area contributed by atoms with Crippen LogP contribution in [0.4, 0.5) is 11.4 Å². The van der Waals surface area contributed by atoms with Crippen molar-refractivity contribution in [3.05, 3.63) is 70.0 Å². The van der Waals surface area contributed by atoms with E-state index in [-0.39, 0.29) is 5.91 Å². The number of aryl methyl sites for hydroxylation is 1. The topological polar surface area (TPSA) is 94.2 Å². The van der Waals surface area contributed by atoms with Crippen LogP contribution in [0.1, 0.15) is 22.8 Å². The number of hydrogen-bond donors (Lipinski definition) is 2. The van der Waals surface area contributed by atoms with Crippen LogP contribution in [0.15, 0.2) is 53.3 Å². The molecular formula is C19H17N3O3. The normalized spacial score (nSPS) is 10.6. The molecule has 6 nitrogen and oxygen atoms in total. The van der Waals surface area contributed by atoms with Gasteiger partial charge >= 0.3 is 0 Å². The average molecular weight is 335 g/mol. The zero-order valence-electron chi connectivity index (χ0n) is 13.9. The highest BCUT2D eigenvalue weighted by Gasteiger charge is 2.16. The lowest BCUT2D eigenvalue weighted by molar-refractivity contribution is -0.114. The van der Waals surface area contributed by atoms with E-state index >= 15 is 0 Å². The molecule has 1 aromatic heterocycles. The molecule has 126 valence electrons. The molecule has 6 heteroatoms. The van der Waals surface area contributed by atoms with Gasteiger partial charge in [-0.15, -0.1) is 0 Å². The first-order chi connectivity index (χ1) is 11.9. The van der Waals surface area contributed by atoms with E-state index in [0.717, 1.165) is 9.95 Å². The molecule has 0 bridgehead atoms. The molecule has 0 saturated heterocycles.